The van der Waals surface area contributed by atoms with Gasteiger partial charge in [-0.2, -0.15) is 9.81 Å². The fourth-order valence-electron chi connectivity index (χ4n) is 4.73. The Bertz CT molecular complexity index is 973. The molecule has 286 valence electrons. The number of aliphatic carboxylic acids is 1. The lowest BCUT2D eigenvalue weighted by Gasteiger charge is -2.31. The lowest BCUT2D eigenvalue weighted by atomic mass is 9.92. The molecule has 0 aliphatic carbocycles. The lowest BCUT2D eigenvalue weighted by Crippen LogP contribution is -2.48. The molecule has 14 nitrogen and oxygen atoms in total. The molecule has 14 heteroatoms. The Morgan fingerprint density at radius 3 is 1.59 bits per heavy atom. The number of ether oxygens (including phenoxy) is 2. The summed E-state index contributed by atoms with van der Waals surface area (Å²) < 4.78 is 11.4. The largest absolute Gasteiger partial charge is 0.481 e. The first-order chi connectivity index (χ1) is 22.7. The smallest absolute Gasteiger partial charge is 0.305 e. The minimum atomic E-state index is -0.890. The van der Waals surface area contributed by atoms with Gasteiger partial charge in [-0.3, -0.25) is 14.4 Å². The molecule has 0 saturated heterocycles. The lowest BCUT2D eigenvalue weighted by molar-refractivity contribution is -0.138. The van der Waals surface area contributed by atoms with Crippen LogP contribution < -0.4 is 21.3 Å². The number of rotatable bonds is 30. The molecule has 0 rings (SSSR count). The number of nitrogens with one attached hydrogen (secondary N) is 4. The molecular weight excluding hydrogens is 632 g/mol. The van der Waals surface area contributed by atoms with E-state index in [-0.39, 0.29) is 66.5 Å². The molecule has 5 N–H and O–H groups in total. The van der Waals surface area contributed by atoms with Crippen molar-refractivity contribution in [1.82, 2.24) is 21.3 Å². The second-order valence-corrected chi connectivity index (χ2v) is 16.1. The van der Waals surface area contributed by atoms with Gasteiger partial charge in [0.1, 0.15) is 12.1 Å². The molecule has 0 aromatic heterocycles. The Hall–Kier alpha value is -2.55. The van der Waals surface area contributed by atoms with Gasteiger partial charge in [0, 0.05) is 47.8 Å². The fraction of sp³-hybridized carbons (Fsp3) is 0.914. The van der Waals surface area contributed by atoms with Crippen LogP contribution in [-0.2, 0) is 23.9 Å². The highest BCUT2D eigenvalue weighted by Gasteiger charge is 2.28. The van der Waals surface area contributed by atoms with E-state index in [0.29, 0.717) is 52.4 Å². The summed E-state index contributed by atoms with van der Waals surface area (Å²) >= 11 is 0. The van der Waals surface area contributed by atoms with Crippen LogP contribution in [0.2, 0.25) is 0 Å². The first-order valence-corrected chi connectivity index (χ1v) is 17.7. The molecule has 0 saturated carbocycles. The van der Waals surface area contributed by atoms with Crippen molar-refractivity contribution in [3.05, 3.63) is 9.81 Å². The second-order valence-electron chi connectivity index (χ2n) is 16.1. The monoisotopic (exact) mass is 701 g/mol. The zero-order chi connectivity index (χ0) is 37.7. The molecule has 0 aromatic carbocycles. The van der Waals surface area contributed by atoms with E-state index in [1.807, 2.05) is 55.4 Å². The molecule has 2 unspecified atom stereocenters. The summed E-state index contributed by atoms with van der Waals surface area (Å²) in [5.41, 5.74) is -1.43. The van der Waals surface area contributed by atoms with Crippen LogP contribution in [0.5, 0.6) is 0 Å². The maximum atomic E-state index is 12.5. The van der Waals surface area contributed by atoms with Crippen molar-refractivity contribution in [2.24, 2.45) is 27.1 Å². The third-order valence-electron chi connectivity index (χ3n) is 9.06. The highest BCUT2D eigenvalue weighted by molar-refractivity contribution is 5.78. The van der Waals surface area contributed by atoms with E-state index in [2.05, 4.69) is 31.6 Å². The molecule has 0 radical (unpaired) electrons. The van der Waals surface area contributed by atoms with Crippen LogP contribution in [0.4, 0.5) is 0 Å². The summed E-state index contributed by atoms with van der Waals surface area (Å²) in [6.45, 7) is 23.2. The SMILES string of the molecule is CC(N=O)C(C)(C)NCCC(CCNC(=O)CCCC(=O)NCC(C)(C)COCC(C)(C)COCCC(=O)O)CCNC(C)(C)C(C)N=O. The van der Waals surface area contributed by atoms with Gasteiger partial charge in [-0.05, 0) is 86.2 Å². The predicted molar refractivity (Wildman–Crippen MR) is 193 cm³/mol. The van der Waals surface area contributed by atoms with Crippen LogP contribution in [0.1, 0.15) is 114 Å². The van der Waals surface area contributed by atoms with Crippen LogP contribution in [0.15, 0.2) is 10.4 Å². The second kappa shape index (κ2) is 23.0. The first kappa shape index (κ1) is 46.5. The number of carbonyl (C=O) groups is 3. The van der Waals surface area contributed by atoms with E-state index < -0.39 is 17.0 Å². The number of nitrogens with zero attached hydrogens (tertiary/aromatic N) is 2. The number of hydrogen-bond acceptors (Lipinski definition) is 11. The van der Waals surface area contributed by atoms with Crippen molar-refractivity contribution in [1.29, 1.82) is 0 Å². The van der Waals surface area contributed by atoms with Gasteiger partial charge in [-0.25, -0.2) is 0 Å². The number of carbonyl (C=O) groups excluding carboxylic acids is 2. The third-order valence-corrected chi connectivity index (χ3v) is 9.06. The van der Waals surface area contributed by atoms with E-state index in [9.17, 15) is 24.2 Å². The van der Waals surface area contributed by atoms with E-state index in [1.165, 1.54) is 0 Å². The first-order valence-electron chi connectivity index (χ1n) is 17.7. The molecule has 2 atom stereocenters. The van der Waals surface area contributed by atoms with Gasteiger partial charge in [0.05, 0.1) is 32.8 Å². The summed E-state index contributed by atoms with van der Waals surface area (Å²) in [7, 11) is 0. The Kier molecular flexibility index (Phi) is 21.8. The van der Waals surface area contributed by atoms with Crippen molar-refractivity contribution in [2.75, 3.05) is 52.6 Å². The predicted octanol–water partition coefficient (Wildman–Crippen LogP) is 4.78. The van der Waals surface area contributed by atoms with Crippen LogP contribution in [-0.4, -0.2) is 98.7 Å². The van der Waals surface area contributed by atoms with E-state index in [1.54, 1.807) is 13.8 Å². The van der Waals surface area contributed by atoms with Crippen LogP contribution in [0.3, 0.4) is 0 Å². The molecule has 0 heterocycles. The van der Waals surface area contributed by atoms with Crippen LogP contribution >= 0.6 is 0 Å². The van der Waals surface area contributed by atoms with Crippen LogP contribution in [0.25, 0.3) is 0 Å². The molecule has 0 aromatic rings. The fourth-order valence-corrected chi connectivity index (χ4v) is 4.73. The highest BCUT2D eigenvalue weighted by atomic mass is 16.5. The van der Waals surface area contributed by atoms with Crippen molar-refractivity contribution in [3.63, 3.8) is 0 Å². The number of nitroso groups, excluding NO2 is 2. The van der Waals surface area contributed by atoms with Gasteiger partial charge < -0.3 is 35.8 Å². The quantitative estimate of drug-likeness (QED) is 0.0514. The molecular formula is C35H68N6O8. The summed E-state index contributed by atoms with van der Waals surface area (Å²) in [5.74, 6) is -0.812. The third kappa shape index (κ3) is 22.7. The van der Waals surface area contributed by atoms with E-state index in [0.717, 1.165) is 19.3 Å². The zero-order valence-corrected chi connectivity index (χ0v) is 32.0. The molecule has 0 spiro atoms. The topological polar surface area (TPSA) is 197 Å². The molecule has 0 bridgehead atoms. The number of carboxylic acids is 1. The van der Waals surface area contributed by atoms with Crippen molar-refractivity contribution >= 4 is 17.8 Å². The van der Waals surface area contributed by atoms with Gasteiger partial charge >= 0.3 is 5.97 Å². The Morgan fingerprint density at radius 2 is 1.10 bits per heavy atom. The minimum absolute atomic E-state index is 0.0318. The van der Waals surface area contributed by atoms with Gasteiger partial charge in [0.2, 0.25) is 11.8 Å². The minimum Gasteiger partial charge on any atom is -0.481 e. The summed E-state index contributed by atoms with van der Waals surface area (Å²) in [5, 5.41) is 27.9. The Labute approximate surface area is 294 Å². The Balaban J connectivity index is 4.57. The van der Waals surface area contributed by atoms with Gasteiger partial charge in [-0.15, -0.1) is 0 Å². The molecule has 0 aliphatic heterocycles. The van der Waals surface area contributed by atoms with E-state index >= 15 is 0 Å². The van der Waals surface area contributed by atoms with Crippen molar-refractivity contribution < 1.29 is 29.0 Å². The summed E-state index contributed by atoms with van der Waals surface area (Å²) in [6, 6.07) is -0.748. The van der Waals surface area contributed by atoms with Gasteiger partial charge in [0.25, 0.3) is 0 Å². The summed E-state index contributed by atoms with van der Waals surface area (Å²) in [4.78, 5) is 57.7. The summed E-state index contributed by atoms with van der Waals surface area (Å²) in [6.07, 6.45) is 3.37. The van der Waals surface area contributed by atoms with Gasteiger partial charge in [0.15, 0.2) is 0 Å². The number of carboxylic acid groups (broad SMARTS) is 1. The Morgan fingerprint density at radius 1 is 0.653 bits per heavy atom. The average Bonchev–Trinajstić information content (AvgIpc) is 3.00. The van der Waals surface area contributed by atoms with E-state index in [4.69, 9.17) is 14.6 Å². The molecule has 0 fully saturated rings. The normalized spacial score (nSPS) is 14.5. The standard InChI is InChI=1S/C35H68N6O8/c1-26(40-46)34(7,8)38-19-15-28(16-20-39-35(9,10)27(2)41-47)14-18-36-29(42)12-11-13-30(43)37-22-32(3,4)23-49-25-33(5,6)24-48-21-17-31(44)45/h26-28,38-39H,11-25H2,1-10H3,(H,36,42)(H,37,43)(H,44,45). The number of hydrogen-bond donors (Lipinski definition) is 5. The highest BCUT2D eigenvalue weighted by Crippen LogP contribution is 2.21. The molecule has 49 heavy (non-hydrogen) atoms. The average molecular weight is 701 g/mol. The van der Waals surface area contributed by atoms with Crippen molar-refractivity contribution in [3.8, 4) is 0 Å². The van der Waals surface area contributed by atoms with Gasteiger partial charge in [-0.1, -0.05) is 38.0 Å². The number of amides is 2. The zero-order valence-electron chi connectivity index (χ0n) is 32.0. The molecule has 0 aliphatic rings. The van der Waals surface area contributed by atoms with Crippen LogP contribution in [0, 0.1) is 26.6 Å². The molecule has 2 amide bonds. The maximum absolute atomic E-state index is 12.5. The maximum Gasteiger partial charge on any atom is 0.305 e. The van der Waals surface area contributed by atoms with Crippen molar-refractivity contribution in [2.45, 2.75) is 137 Å².